The molecule has 0 unspecified atom stereocenters. The Labute approximate surface area is 68.8 Å². The number of aryl methyl sites for hydroxylation is 1. The van der Waals surface area contributed by atoms with E-state index >= 15 is 0 Å². The van der Waals surface area contributed by atoms with Crippen LogP contribution in [0, 0.1) is 6.92 Å². The van der Waals surface area contributed by atoms with Gasteiger partial charge in [-0.25, -0.2) is 0 Å². The molecule has 1 heterocycles. The number of nitrogens with one attached hydrogen (secondary N) is 1. The number of pyridine rings is 1. The van der Waals surface area contributed by atoms with Crippen LogP contribution in [0.5, 0.6) is 0 Å². The van der Waals surface area contributed by atoms with Crippen LogP contribution in [0.15, 0.2) is 22.0 Å². The zero-order chi connectivity index (χ0) is 9.35. The van der Waals surface area contributed by atoms with Crippen molar-refractivity contribution >= 4 is 10.1 Å². The second-order valence-corrected chi connectivity index (χ2v) is 3.71. The van der Waals surface area contributed by atoms with Crippen molar-refractivity contribution in [1.82, 2.24) is 4.98 Å². The van der Waals surface area contributed by atoms with E-state index in [1.54, 1.807) is 0 Å². The minimum atomic E-state index is -4.22. The average molecular weight is 189 g/mol. The summed E-state index contributed by atoms with van der Waals surface area (Å²) in [5.74, 6) is 0. The molecule has 66 valence electrons. The maximum atomic E-state index is 10.6. The van der Waals surface area contributed by atoms with Gasteiger partial charge in [-0.05, 0) is 12.5 Å². The van der Waals surface area contributed by atoms with Gasteiger partial charge in [-0.3, -0.25) is 9.35 Å². The van der Waals surface area contributed by atoms with Crippen LogP contribution in [0.3, 0.4) is 0 Å². The van der Waals surface area contributed by atoms with E-state index in [9.17, 15) is 13.2 Å². The van der Waals surface area contributed by atoms with Crippen LogP contribution in [0.2, 0.25) is 0 Å². The molecule has 0 saturated carbocycles. The summed E-state index contributed by atoms with van der Waals surface area (Å²) in [6, 6.07) is 1.10. The zero-order valence-electron chi connectivity index (χ0n) is 6.23. The lowest BCUT2D eigenvalue weighted by Crippen LogP contribution is -2.09. The van der Waals surface area contributed by atoms with E-state index in [1.807, 2.05) is 0 Å². The molecule has 0 fully saturated rings. The largest absolute Gasteiger partial charge is 0.328 e. The molecule has 0 spiro atoms. The molecule has 1 aromatic heterocycles. The molecule has 6 heteroatoms. The van der Waals surface area contributed by atoms with Crippen molar-refractivity contribution in [1.29, 1.82) is 0 Å². The fourth-order valence-corrected chi connectivity index (χ4v) is 1.51. The van der Waals surface area contributed by atoms with Crippen LogP contribution in [-0.4, -0.2) is 18.0 Å². The molecule has 0 aliphatic carbocycles. The molecule has 0 radical (unpaired) electrons. The fourth-order valence-electron chi connectivity index (χ4n) is 0.838. The number of hydrogen-bond donors (Lipinski definition) is 2. The van der Waals surface area contributed by atoms with Gasteiger partial charge >= 0.3 is 0 Å². The Kier molecular flexibility index (Phi) is 2.03. The van der Waals surface area contributed by atoms with Gasteiger partial charge in [-0.1, -0.05) is 0 Å². The Bertz CT molecular complexity index is 445. The van der Waals surface area contributed by atoms with Gasteiger partial charge in [0.1, 0.15) is 4.90 Å². The van der Waals surface area contributed by atoms with Gasteiger partial charge in [0.25, 0.3) is 10.1 Å². The normalized spacial score (nSPS) is 11.5. The van der Waals surface area contributed by atoms with Crippen LogP contribution in [0.4, 0.5) is 0 Å². The fraction of sp³-hybridized carbons (Fsp3) is 0.167. The SMILES string of the molecule is Cc1cc(=O)[nH]cc1S(=O)(=O)O. The van der Waals surface area contributed by atoms with Crippen molar-refractivity contribution in [3.8, 4) is 0 Å². The summed E-state index contributed by atoms with van der Waals surface area (Å²) >= 11 is 0. The highest BCUT2D eigenvalue weighted by Crippen LogP contribution is 2.09. The third-order valence-corrected chi connectivity index (χ3v) is 2.36. The Hall–Kier alpha value is -1.14. The van der Waals surface area contributed by atoms with E-state index in [1.165, 1.54) is 6.92 Å². The smallest absolute Gasteiger partial charge is 0.296 e. The quantitative estimate of drug-likeness (QED) is 0.605. The highest BCUT2D eigenvalue weighted by Gasteiger charge is 2.12. The van der Waals surface area contributed by atoms with Crippen LogP contribution in [-0.2, 0) is 10.1 Å². The number of aromatic amines is 1. The molecule has 0 atom stereocenters. The molecule has 0 aromatic carbocycles. The predicted molar refractivity (Wildman–Crippen MR) is 41.6 cm³/mol. The van der Waals surface area contributed by atoms with Gasteiger partial charge in [0.2, 0.25) is 5.56 Å². The van der Waals surface area contributed by atoms with Crippen molar-refractivity contribution in [2.24, 2.45) is 0 Å². The first-order chi connectivity index (χ1) is 5.41. The molecule has 5 nitrogen and oxygen atoms in total. The molecule has 2 N–H and O–H groups in total. The lowest BCUT2D eigenvalue weighted by molar-refractivity contribution is 0.482. The molecule has 0 aliphatic rings. The van der Waals surface area contributed by atoms with Crippen molar-refractivity contribution < 1.29 is 13.0 Å². The second-order valence-electron chi connectivity index (χ2n) is 2.32. The molecule has 12 heavy (non-hydrogen) atoms. The van der Waals surface area contributed by atoms with Crippen LogP contribution in [0.25, 0.3) is 0 Å². The summed E-state index contributed by atoms with van der Waals surface area (Å²) in [6.07, 6.45) is 0.965. The van der Waals surface area contributed by atoms with Crippen LogP contribution in [0.1, 0.15) is 5.56 Å². The van der Waals surface area contributed by atoms with Crippen LogP contribution < -0.4 is 5.56 Å². The van der Waals surface area contributed by atoms with E-state index in [-0.39, 0.29) is 10.5 Å². The predicted octanol–water partition coefficient (Wildman–Crippen LogP) is -0.0700. The summed E-state index contributed by atoms with van der Waals surface area (Å²) in [5, 5.41) is 0. The Morgan fingerprint density at radius 1 is 1.50 bits per heavy atom. The van der Waals surface area contributed by atoms with E-state index in [4.69, 9.17) is 4.55 Å². The second kappa shape index (κ2) is 2.72. The summed E-state index contributed by atoms with van der Waals surface area (Å²) in [7, 11) is -4.22. The summed E-state index contributed by atoms with van der Waals surface area (Å²) in [4.78, 5) is 12.5. The first-order valence-corrected chi connectivity index (χ1v) is 4.52. The number of aromatic nitrogens is 1. The maximum absolute atomic E-state index is 10.6. The average Bonchev–Trinajstić information content (AvgIpc) is 1.83. The molecular formula is C6H7NO4S. The Morgan fingerprint density at radius 3 is 2.50 bits per heavy atom. The number of hydrogen-bond acceptors (Lipinski definition) is 3. The summed E-state index contributed by atoms with van der Waals surface area (Å²) in [6.45, 7) is 1.43. The monoisotopic (exact) mass is 189 g/mol. The van der Waals surface area contributed by atoms with Gasteiger partial charge in [0, 0.05) is 12.3 Å². The van der Waals surface area contributed by atoms with Crippen molar-refractivity contribution in [3.63, 3.8) is 0 Å². The van der Waals surface area contributed by atoms with Crippen molar-refractivity contribution in [2.75, 3.05) is 0 Å². The van der Waals surface area contributed by atoms with Gasteiger partial charge < -0.3 is 4.98 Å². The van der Waals surface area contributed by atoms with Crippen molar-refractivity contribution in [3.05, 3.63) is 28.2 Å². The number of H-pyrrole nitrogens is 1. The molecule has 0 amide bonds. The van der Waals surface area contributed by atoms with Crippen molar-refractivity contribution in [2.45, 2.75) is 11.8 Å². The van der Waals surface area contributed by atoms with E-state index in [2.05, 4.69) is 4.98 Å². The van der Waals surface area contributed by atoms with Gasteiger partial charge in [0.15, 0.2) is 0 Å². The standard InChI is InChI=1S/C6H7NO4S/c1-4-2-6(8)7-3-5(4)12(9,10)11/h2-3H,1H3,(H,7,8)(H,9,10,11). The summed E-state index contributed by atoms with van der Waals surface area (Å²) < 4.78 is 29.8. The molecule has 0 aliphatic heterocycles. The Morgan fingerprint density at radius 2 is 2.08 bits per heavy atom. The third kappa shape index (κ3) is 1.72. The lowest BCUT2D eigenvalue weighted by Gasteiger charge is -1.98. The van der Waals surface area contributed by atoms with E-state index < -0.39 is 15.7 Å². The topological polar surface area (TPSA) is 87.2 Å². The highest BCUT2D eigenvalue weighted by atomic mass is 32.2. The minimum absolute atomic E-state index is 0.223. The Balaban J connectivity index is 3.49. The molecule has 0 saturated heterocycles. The number of rotatable bonds is 1. The van der Waals surface area contributed by atoms with Gasteiger partial charge in [0.05, 0.1) is 0 Å². The molecule has 1 rings (SSSR count). The van der Waals surface area contributed by atoms with E-state index in [0.29, 0.717) is 0 Å². The van der Waals surface area contributed by atoms with Gasteiger partial charge in [-0.2, -0.15) is 8.42 Å². The van der Waals surface area contributed by atoms with E-state index in [0.717, 1.165) is 12.3 Å². The molecule has 1 aromatic rings. The molecule has 0 bridgehead atoms. The minimum Gasteiger partial charge on any atom is -0.328 e. The van der Waals surface area contributed by atoms with Gasteiger partial charge in [-0.15, -0.1) is 0 Å². The zero-order valence-corrected chi connectivity index (χ0v) is 7.05. The first-order valence-electron chi connectivity index (χ1n) is 3.08. The first kappa shape index (κ1) is 8.95. The van der Waals surface area contributed by atoms with Crippen LogP contribution >= 0.6 is 0 Å². The lowest BCUT2D eigenvalue weighted by atomic mass is 10.3. The molecular weight excluding hydrogens is 182 g/mol. The summed E-state index contributed by atoms with van der Waals surface area (Å²) in [5.41, 5.74) is -0.179. The third-order valence-electron chi connectivity index (χ3n) is 1.36. The highest BCUT2D eigenvalue weighted by molar-refractivity contribution is 7.85. The maximum Gasteiger partial charge on any atom is 0.296 e.